The summed E-state index contributed by atoms with van der Waals surface area (Å²) >= 11 is 0. The first-order chi connectivity index (χ1) is 9.60. The molecule has 2 heterocycles. The van der Waals surface area contributed by atoms with Crippen LogP contribution >= 0.6 is 0 Å². The van der Waals surface area contributed by atoms with Gasteiger partial charge >= 0.3 is 0 Å². The number of aliphatic hydroxyl groups excluding tert-OH is 1. The van der Waals surface area contributed by atoms with E-state index in [2.05, 4.69) is 37.9 Å². The van der Waals surface area contributed by atoms with E-state index >= 15 is 0 Å². The summed E-state index contributed by atoms with van der Waals surface area (Å²) in [6, 6.07) is 4.05. The predicted molar refractivity (Wildman–Crippen MR) is 78.0 cm³/mol. The highest BCUT2D eigenvalue weighted by atomic mass is 16.5. The van der Waals surface area contributed by atoms with Gasteiger partial charge in [-0.15, -0.1) is 0 Å². The highest BCUT2D eigenvalue weighted by Crippen LogP contribution is 2.55. The molecule has 1 aliphatic heterocycles. The maximum atomic E-state index is 9.96. The molecule has 1 N–H and O–H groups in total. The average molecular weight is 273 g/mol. The maximum Gasteiger partial charge on any atom is 0.0907 e. The van der Waals surface area contributed by atoms with Crippen molar-refractivity contribution in [3.8, 4) is 0 Å². The molecular formula is C17H23NO2. The maximum absolute atomic E-state index is 9.96. The topological polar surface area (TPSA) is 42.4 Å². The molecule has 20 heavy (non-hydrogen) atoms. The molecule has 0 aromatic carbocycles. The smallest absolute Gasteiger partial charge is 0.0907 e. The van der Waals surface area contributed by atoms with Crippen molar-refractivity contribution in [1.29, 1.82) is 0 Å². The Morgan fingerprint density at radius 1 is 1.45 bits per heavy atom. The van der Waals surface area contributed by atoms with E-state index in [-0.39, 0.29) is 18.1 Å². The zero-order chi connectivity index (χ0) is 14.3. The van der Waals surface area contributed by atoms with Gasteiger partial charge in [0.25, 0.3) is 0 Å². The lowest BCUT2D eigenvalue weighted by molar-refractivity contribution is -0.165. The second kappa shape index (κ2) is 4.97. The fourth-order valence-corrected chi connectivity index (χ4v) is 4.13. The standard InChI is InChI=1S/C17H23NO2/c1-11-7-12(2)17(9-19)10-20-16(15(11)13(17)3)14-5-4-6-18-8-14/h4-8,12-13,15-16,19H,9-10H2,1-3H3/t12-,13-,15+,16-,17+/m0/s1. The summed E-state index contributed by atoms with van der Waals surface area (Å²) in [5, 5.41) is 9.96. The van der Waals surface area contributed by atoms with Gasteiger partial charge in [-0.05, 0) is 30.4 Å². The Hall–Kier alpha value is -1.19. The van der Waals surface area contributed by atoms with E-state index in [4.69, 9.17) is 4.74 Å². The highest BCUT2D eigenvalue weighted by Gasteiger charge is 2.53. The van der Waals surface area contributed by atoms with Gasteiger partial charge in [-0.3, -0.25) is 4.98 Å². The first kappa shape index (κ1) is 13.8. The molecule has 1 aromatic heterocycles. The highest BCUT2D eigenvalue weighted by molar-refractivity contribution is 5.26. The van der Waals surface area contributed by atoms with Crippen molar-refractivity contribution < 1.29 is 9.84 Å². The number of rotatable bonds is 2. The van der Waals surface area contributed by atoms with E-state index in [9.17, 15) is 5.11 Å². The van der Waals surface area contributed by atoms with E-state index in [1.165, 1.54) is 5.57 Å². The molecule has 0 saturated carbocycles. The quantitative estimate of drug-likeness (QED) is 0.842. The first-order valence-electron chi connectivity index (χ1n) is 7.41. The molecule has 1 aliphatic carbocycles. The predicted octanol–water partition coefficient (Wildman–Crippen LogP) is 2.98. The van der Waals surface area contributed by atoms with Crippen molar-refractivity contribution in [3.63, 3.8) is 0 Å². The summed E-state index contributed by atoms with van der Waals surface area (Å²) in [5.41, 5.74) is 2.38. The van der Waals surface area contributed by atoms with Crippen LogP contribution in [0.2, 0.25) is 0 Å². The Balaban J connectivity index is 2.02. The second-order valence-electron chi connectivity index (χ2n) is 6.42. The third-order valence-corrected chi connectivity index (χ3v) is 5.56. The minimum atomic E-state index is -0.136. The van der Waals surface area contributed by atoms with Gasteiger partial charge in [0, 0.05) is 23.7 Å². The molecule has 0 spiro atoms. The van der Waals surface area contributed by atoms with E-state index in [1.54, 1.807) is 6.20 Å². The third-order valence-electron chi connectivity index (χ3n) is 5.56. The Kier molecular flexibility index (Phi) is 3.43. The number of allylic oxidation sites excluding steroid dienone is 1. The Morgan fingerprint density at radius 2 is 2.25 bits per heavy atom. The number of hydrogen-bond donors (Lipinski definition) is 1. The number of aliphatic hydroxyl groups is 1. The lowest BCUT2D eigenvalue weighted by atomic mass is 9.56. The second-order valence-corrected chi connectivity index (χ2v) is 6.42. The van der Waals surface area contributed by atoms with Gasteiger partial charge in [-0.25, -0.2) is 0 Å². The van der Waals surface area contributed by atoms with Gasteiger partial charge in [-0.2, -0.15) is 0 Å². The number of hydrogen-bond acceptors (Lipinski definition) is 3. The number of pyridine rings is 1. The van der Waals surface area contributed by atoms with Gasteiger partial charge in [-0.1, -0.05) is 31.6 Å². The zero-order valence-corrected chi connectivity index (χ0v) is 12.4. The van der Waals surface area contributed by atoms with Crippen molar-refractivity contribution in [2.24, 2.45) is 23.2 Å². The molecule has 5 atom stereocenters. The molecular weight excluding hydrogens is 250 g/mol. The molecule has 0 unspecified atom stereocenters. The van der Waals surface area contributed by atoms with Crippen LogP contribution in [-0.4, -0.2) is 23.3 Å². The third kappa shape index (κ3) is 1.84. The van der Waals surface area contributed by atoms with Crippen LogP contribution in [0.25, 0.3) is 0 Å². The Morgan fingerprint density at radius 3 is 2.90 bits per heavy atom. The summed E-state index contributed by atoms with van der Waals surface area (Å²) in [4.78, 5) is 4.22. The number of fused-ring (bicyclic) bond motifs is 2. The van der Waals surface area contributed by atoms with Gasteiger partial charge in [0.2, 0.25) is 0 Å². The van der Waals surface area contributed by atoms with Crippen LogP contribution in [0.3, 0.4) is 0 Å². The van der Waals surface area contributed by atoms with Crippen molar-refractivity contribution in [2.75, 3.05) is 13.2 Å². The van der Waals surface area contributed by atoms with E-state index in [0.717, 1.165) is 5.56 Å². The van der Waals surface area contributed by atoms with Gasteiger partial charge in [0.15, 0.2) is 0 Å². The fraction of sp³-hybridized carbons (Fsp3) is 0.588. The summed E-state index contributed by atoms with van der Waals surface area (Å²) in [5.74, 6) is 1.09. The van der Waals surface area contributed by atoms with Crippen LogP contribution < -0.4 is 0 Å². The minimum Gasteiger partial charge on any atom is -0.396 e. The van der Waals surface area contributed by atoms with E-state index < -0.39 is 0 Å². The minimum absolute atomic E-state index is 0.0575. The number of aromatic nitrogens is 1. The van der Waals surface area contributed by atoms with Crippen molar-refractivity contribution in [1.82, 2.24) is 4.98 Å². The van der Waals surface area contributed by atoms with Crippen LogP contribution in [0.15, 0.2) is 36.2 Å². The monoisotopic (exact) mass is 273 g/mol. The number of nitrogens with zero attached hydrogens (tertiary/aromatic N) is 1. The molecule has 108 valence electrons. The molecule has 2 bridgehead atoms. The molecule has 3 nitrogen and oxygen atoms in total. The first-order valence-corrected chi connectivity index (χ1v) is 7.41. The summed E-state index contributed by atoms with van der Waals surface area (Å²) in [6.07, 6.45) is 6.07. The largest absolute Gasteiger partial charge is 0.396 e. The number of ether oxygens (including phenoxy) is 1. The van der Waals surface area contributed by atoms with Crippen LogP contribution in [0, 0.1) is 23.2 Å². The lowest BCUT2D eigenvalue weighted by Crippen LogP contribution is -2.53. The van der Waals surface area contributed by atoms with Crippen LogP contribution in [-0.2, 0) is 4.74 Å². The average Bonchev–Trinajstić information content (AvgIpc) is 2.46. The molecule has 2 aliphatic rings. The SMILES string of the molecule is CC1=C[C@H](C)[C@@]2(CO)CO[C@@H](c3cccnc3)[C@H]1[C@@H]2C. The molecule has 1 aromatic rings. The normalized spacial score (nSPS) is 40.3. The van der Waals surface area contributed by atoms with Crippen LogP contribution in [0.1, 0.15) is 32.4 Å². The van der Waals surface area contributed by atoms with Gasteiger partial charge < -0.3 is 9.84 Å². The van der Waals surface area contributed by atoms with Crippen molar-refractivity contribution in [2.45, 2.75) is 26.9 Å². The summed E-state index contributed by atoms with van der Waals surface area (Å²) < 4.78 is 6.20. The Labute approximate surface area is 120 Å². The summed E-state index contributed by atoms with van der Waals surface area (Å²) in [7, 11) is 0. The van der Waals surface area contributed by atoms with Crippen molar-refractivity contribution in [3.05, 3.63) is 41.7 Å². The summed E-state index contributed by atoms with van der Waals surface area (Å²) in [6.45, 7) is 7.46. The van der Waals surface area contributed by atoms with Gasteiger partial charge in [0.05, 0.1) is 19.3 Å². The van der Waals surface area contributed by atoms with Crippen LogP contribution in [0.4, 0.5) is 0 Å². The lowest BCUT2D eigenvalue weighted by Gasteiger charge is -2.55. The zero-order valence-electron chi connectivity index (χ0n) is 12.4. The molecule has 0 amide bonds. The van der Waals surface area contributed by atoms with E-state index in [0.29, 0.717) is 24.4 Å². The Bertz CT molecular complexity index is 513. The molecule has 1 saturated heterocycles. The van der Waals surface area contributed by atoms with E-state index in [1.807, 2.05) is 12.3 Å². The van der Waals surface area contributed by atoms with Crippen LogP contribution in [0.5, 0.6) is 0 Å². The molecule has 3 rings (SSSR count). The molecule has 0 radical (unpaired) electrons. The molecule has 3 heteroatoms. The fourth-order valence-electron chi connectivity index (χ4n) is 4.13. The molecule has 1 fully saturated rings. The van der Waals surface area contributed by atoms with Gasteiger partial charge in [0.1, 0.15) is 0 Å². The van der Waals surface area contributed by atoms with Crippen molar-refractivity contribution >= 4 is 0 Å².